The van der Waals surface area contributed by atoms with E-state index in [2.05, 4.69) is 10.5 Å². The molecule has 0 aliphatic rings. The van der Waals surface area contributed by atoms with Gasteiger partial charge in [-0.1, -0.05) is 41.5 Å². The third kappa shape index (κ3) is 6.24. The summed E-state index contributed by atoms with van der Waals surface area (Å²) >= 11 is 0. The van der Waals surface area contributed by atoms with Gasteiger partial charge in [0.05, 0.1) is 13.3 Å². The Labute approximate surface area is 178 Å². The number of amides is 1. The molecule has 0 aliphatic carbocycles. The molecule has 162 valence electrons. The van der Waals surface area contributed by atoms with Crippen LogP contribution in [0, 0.1) is 0 Å². The zero-order valence-electron chi connectivity index (χ0n) is 18.9. The highest BCUT2D eigenvalue weighted by atomic mass is 16.5. The molecule has 2 aromatic rings. The van der Waals surface area contributed by atoms with E-state index >= 15 is 0 Å². The van der Waals surface area contributed by atoms with Gasteiger partial charge in [-0.15, -0.1) is 0 Å². The molecule has 30 heavy (non-hydrogen) atoms. The van der Waals surface area contributed by atoms with Crippen LogP contribution in [0.2, 0.25) is 0 Å². The maximum Gasteiger partial charge on any atom is 0.277 e. The van der Waals surface area contributed by atoms with E-state index in [0.717, 1.165) is 22.4 Å². The summed E-state index contributed by atoms with van der Waals surface area (Å²) in [6.45, 7) is 12.1. The van der Waals surface area contributed by atoms with E-state index < -0.39 is 0 Å². The second kappa shape index (κ2) is 9.20. The van der Waals surface area contributed by atoms with Gasteiger partial charge in [-0.25, -0.2) is 5.43 Å². The first-order chi connectivity index (χ1) is 13.9. The summed E-state index contributed by atoms with van der Waals surface area (Å²) in [5.41, 5.74) is 4.49. The molecule has 2 rings (SSSR count). The molecule has 0 radical (unpaired) electrons. The van der Waals surface area contributed by atoms with Crippen LogP contribution < -0.4 is 14.9 Å². The molecular formula is C24H32N2O4. The molecular weight excluding hydrogens is 380 g/mol. The van der Waals surface area contributed by atoms with Crippen LogP contribution in [-0.4, -0.2) is 30.9 Å². The molecule has 0 saturated heterocycles. The third-order valence-electron chi connectivity index (χ3n) is 4.58. The lowest BCUT2D eigenvalue weighted by atomic mass is 9.78. The van der Waals surface area contributed by atoms with Crippen LogP contribution >= 0.6 is 0 Å². The van der Waals surface area contributed by atoms with Crippen molar-refractivity contribution < 1.29 is 19.4 Å². The van der Waals surface area contributed by atoms with Crippen molar-refractivity contribution in [1.82, 2.24) is 5.43 Å². The van der Waals surface area contributed by atoms with Crippen LogP contribution in [0.3, 0.4) is 0 Å². The molecule has 0 heterocycles. The molecule has 0 unspecified atom stereocenters. The number of phenolic OH excluding ortho intramolecular Hbond substituents is 1. The van der Waals surface area contributed by atoms with E-state index in [1.165, 1.54) is 0 Å². The van der Waals surface area contributed by atoms with Gasteiger partial charge in [0.25, 0.3) is 5.91 Å². The number of hydrazone groups is 1. The highest BCUT2D eigenvalue weighted by Crippen LogP contribution is 2.39. The van der Waals surface area contributed by atoms with Gasteiger partial charge in [0.1, 0.15) is 17.2 Å². The molecule has 0 aromatic heterocycles. The fourth-order valence-corrected chi connectivity index (χ4v) is 2.91. The Balaban J connectivity index is 2.08. The van der Waals surface area contributed by atoms with Crippen molar-refractivity contribution >= 4 is 12.1 Å². The fourth-order valence-electron chi connectivity index (χ4n) is 2.91. The minimum atomic E-state index is -0.368. The predicted octanol–water partition coefficient (Wildman–Crippen LogP) is 4.52. The van der Waals surface area contributed by atoms with E-state index in [-0.39, 0.29) is 23.3 Å². The van der Waals surface area contributed by atoms with Gasteiger partial charge in [0, 0.05) is 11.1 Å². The number of rotatable bonds is 6. The summed E-state index contributed by atoms with van der Waals surface area (Å²) in [7, 11) is 1.59. The fraction of sp³-hybridized carbons (Fsp3) is 0.417. The van der Waals surface area contributed by atoms with Gasteiger partial charge in [0.15, 0.2) is 6.61 Å². The highest BCUT2D eigenvalue weighted by Gasteiger charge is 2.26. The summed E-state index contributed by atoms with van der Waals surface area (Å²) in [6.07, 6.45) is 1.58. The number of carbonyl (C=O) groups is 1. The molecule has 0 atom stereocenters. The zero-order valence-corrected chi connectivity index (χ0v) is 18.9. The first-order valence-electron chi connectivity index (χ1n) is 9.88. The van der Waals surface area contributed by atoms with Crippen molar-refractivity contribution in [2.75, 3.05) is 13.7 Å². The number of nitrogens with zero attached hydrogens (tertiary/aromatic N) is 1. The van der Waals surface area contributed by atoms with Gasteiger partial charge in [0.2, 0.25) is 0 Å². The Hall–Kier alpha value is -3.02. The molecule has 2 aromatic carbocycles. The first kappa shape index (κ1) is 23.3. The summed E-state index contributed by atoms with van der Waals surface area (Å²) < 4.78 is 10.5. The van der Waals surface area contributed by atoms with Crippen molar-refractivity contribution in [2.24, 2.45) is 5.10 Å². The van der Waals surface area contributed by atoms with Gasteiger partial charge in [-0.3, -0.25) is 4.79 Å². The van der Waals surface area contributed by atoms with Crippen molar-refractivity contribution in [3.8, 4) is 17.2 Å². The highest BCUT2D eigenvalue weighted by molar-refractivity contribution is 5.84. The molecule has 0 aliphatic heterocycles. The summed E-state index contributed by atoms with van der Waals surface area (Å²) in [4.78, 5) is 12.0. The van der Waals surface area contributed by atoms with Crippen molar-refractivity contribution in [3.05, 3.63) is 53.1 Å². The lowest BCUT2D eigenvalue weighted by Crippen LogP contribution is -2.24. The van der Waals surface area contributed by atoms with Crippen LogP contribution in [0.5, 0.6) is 17.2 Å². The third-order valence-corrected chi connectivity index (χ3v) is 4.58. The van der Waals surface area contributed by atoms with Crippen LogP contribution in [0.4, 0.5) is 0 Å². The smallest absolute Gasteiger partial charge is 0.277 e. The Bertz CT molecular complexity index is 869. The quantitative estimate of drug-likeness (QED) is 0.540. The largest absolute Gasteiger partial charge is 0.507 e. The molecule has 2 N–H and O–H groups in total. The van der Waals surface area contributed by atoms with E-state index in [0.29, 0.717) is 11.5 Å². The normalized spacial score (nSPS) is 12.1. The van der Waals surface area contributed by atoms with Crippen LogP contribution in [-0.2, 0) is 15.6 Å². The van der Waals surface area contributed by atoms with Crippen molar-refractivity contribution in [1.29, 1.82) is 0 Å². The molecule has 6 heteroatoms. The Morgan fingerprint density at radius 1 is 1.00 bits per heavy atom. The number of phenols is 1. The molecule has 1 amide bonds. The van der Waals surface area contributed by atoms with Crippen molar-refractivity contribution in [3.63, 3.8) is 0 Å². The maximum atomic E-state index is 12.0. The van der Waals surface area contributed by atoms with Gasteiger partial charge < -0.3 is 14.6 Å². The topological polar surface area (TPSA) is 80.2 Å². The second-order valence-electron chi connectivity index (χ2n) is 9.22. The van der Waals surface area contributed by atoms with Crippen LogP contribution in [0.25, 0.3) is 0 Å². The molecule has 0 fully saturated rings. The zero-order chi connectivity index (χ0) is 22.5. The van der Waals surface area contributed by atoms with E-state index in [1.54, 1.807) is 37.6 Å². The number of nitrogens with one attached hydrogen (secondary N) is 1. The van der Waals surface area contributed by atoms with Crippen molar-refractivity contribution in [2.45, 2.75) is 52.4 Å². The van der Waals surface area contributed by atoms with E-state index in [1.807, 2.05) is 53.7 Å². The minimum absolute atomic E-state index is 0.153. The SMILES string of the molecule is COc1ccc(OCC(=O)N/N=C\c2cc(C(C)(C)C)c(O)c(C(C)(C)C)c2)cc1. The number of benzene rings is 2. The Morgan fingerprint density at radius 3 is 1.97 bits per heavy atom. The minimum Gasteiger partial charge on any atom is -0.507 e. The number of hydrogen-bond donors (Lipinski definition) is 2. The van der Waals surface area contributed by atoms with Gasteiger partial charge >= 0.3 is 0 Å². The molecule has 0 saturated carbocycles. The van der Waals surface area contributed by atoms with E-state index in [4.69, 9.17) is 9.47 Å². The number of hydrogen-bond acceptors (Lipinski definition) is 5. The van der Waals surface area contributed by atoms with Gasteiger partial charge in [-0.05, 0) is 52.8 Å². The monoisotopic (exact) mass is 412 g/mol. The van der Waals surface area contributed by atoms with Crippen LogP contribution in [0.1, 0.15) is 58.2 Å². The van der Waals surface area contributed by atoms with Crippen LogP contribution in [0.15, 0.2) is 41.5 Å². The number of methoxy groups -OCH3 is 1. The molecule has 0 spiro atoms. The second-order valence-corrected chi connectivity index (χ2v) is 9.22. The molecule has 6 nitrogen and oxygen atoms in total. The first-order valence-corrected chi connectivity index (χ1v) is 9.88. The number of ether oxygens (including phenoxy) is 2. The summed E-state index contributed by atoms with van der Waals surface area (Å²) in [5, 5.41) is 14.8. The van der Waals surface area contributed by atoms with E-state index in [9.17, 15) is 9.90 Å². The molecule has 0 bridgehead atoms. The average molecular weight is 413 g/mol. The van der Waals surface area contributed by atoms with Gasteiger partial charge in [-0.2, -0.15) is 5.10 Å². The number of carbonyl (C=O) groups excluding carboxylic acids is 1. The summed E-state index contributed by atoms with van der Waals surface area (Å²) in [5.74, 6) is 1.23. The Morgan fingerprint density at radius 2 is 1.50 bits per heavy atom. The maximum absolute atomic E-state index is 12.0. The lowest BCUT2D eigenvalue weighted by Gasteiger charge is -2.27. The predicted molar refractivity (Wildman–Crippen MR) is 120 cm³/mol. The average Bonchev–Trinajstić information content (AvgIpc) is 2.66. The number of aromatic hydroxyl groups is 1. The lowest BCUT2D eigenvalue weighted by molar-refractivity contribution is -0.123. The Kier molecular flexibility index (Phi) is 7.13. The standard InChI is InChI=1S/C24H32N2O4/c1-23(2,3)19-12-16(13-20(22(19)28)24(4,5)6)14-25-26-21(27)15-30-18-10-8-17(29-7)9-11-18/h8-14,28H,15H2,1-7H3,(H,26,27)/b25-14-. The summed E-state index contributed by atoms with van der Waals surface area (Å²) in [6, 6.07) is 10.8.